The van der Waals surface area contributed by atoms with Crippen molar-refractivity contribution in [3.63, 3.8) is 0 Å². The van der Waals surface area contributed by atoms with Gasteiger partial charge in [-0.2, -0.15) is 0 Å². The summed E-state index contributed by atoms with van der Waals surface area (Å²) in [5, 5.41) is 3.52. The van der Waals surface area contributed by atoms with Crippen molar-refractivity contribution in [2.24, 2.45) is 0 Å². The molecule has 1 atom stereocenters. The van der Waals surface area contributed by atoms with Crippen LogP contribution < -0.4 is 10.1 Å². The second-order valence-corrected chi connectivity index (χ2v) is 6.90. The van der Waals surface area contributed by atoms with Gasteiger partial charge in [-0.1, -0.05) is 35.9 Å². The van der Waals surface area contributed by atoms with Gasteiger partial charge < -0.3 is 14.5 Å². The summed E-state index contributed by atoms with van der Waals surface area (Å²) in [6.45, 7) is 0.318. The van der Waals surface area contributed by atoms with Crippen LogP contribution in [-0.2, 0) is 11.1 Å². The Labute approximate surface area is 134 Å². The smallest absolute Gasteiger partial charge is 0.346 e. The van der Waals surface area contributed by atoms with Crippen LogP contribution in [0.4, 0.5) is 0 Å². The Hall–Kier alpha value is -1.36. The first kappa shape index (κ1) is 17.0. The van der Waals surface area contributed by atoms with E-state index in [4.69, 9.17) is 16.3 Å². The normalized spacial score (nSPS) is 12.9. The second kappa shape index (κ2) is 7.27. The standard InChI is InChI=1S/C15H17ClNO4P/c1-21-14-8-4-12(5-9-14)15(22(18,19)20)17-10-11-2-6-13(16)7-3-11/h2-9,15,17H,10H2,1H3,(H2,18,19,20). The van der Waals surface area contributed by atoms with Gasteiger partial charge in [-0.3, -0.25) is 9.88 Å². The Kier molecular flexibility index (Phi) is 5.62. The summed E-state index contributed by atoms with van der Waals surface area (Å²) in [7, 11) is -2.81. The molecule has 118 valence electrons. The Morgan fingerprint density at radius 3 is 2.23 bits per heavy atom. The number of ether oxygens (including phenoxy) is 1. The number of methoxy groups -OCH3 is 1. The minimum atomic E-state index is -4.35. The fraction of sp³-hybridized carbons (Fsp3) is 0.200. The van der Waals surface area contributed by atoms with Crippen molar-refractivity contribution in [1.29, 1.82) is 0 Å². The van der Waals surface area contributed by atoms with E-state index in [1.807, 2.05) is 0 Å². The molecule has 0 heterocycles. The molecule has 0 aliphatic rings. The van der Waals surface area contributed by atoms with Crippen LogP contribution in [0.1, 0.15) is 16.9 Å². The van der Waals surface area contributed by atoms with E-state index < -0.39 is 13.4 Å². The summed E-state index contributed by atoms with van der Waals surface area (Å²) in [6.07, 6.45) is 0. The maximum absolute atomic E-state index is 11.7. The number of hydrogen-bond acceptors (Lipinski definition) is 3. The van der Waals surface area contributed by atoms with Crippen LogP contribution in [0.3, 0.4) is 0 Å². The highest BCUT2D eigenvalue weighted by Gasteiger charge is 2.29. The Morgan fingerprint density at radius 1 is 1.14 bits per heavy atom. The van der Waals surface area contributed by atoms with Crippen molar-refractivity contribution in [2.45, 2.75) is 12.3 Å². The summed E-state index contributed by atoms with van der Waals surface area (Å²) in [5.74, 6) is -0.444. The number of halogens is 1. The summed E-state index contributed by atoms with van der Waals surface area (Å²) < 4.78 is 16.8. The molecule has 0 aliphatic heterocycles. The number of nitrogens with one attached hydrogen (secondary N) is 1. The highest BCUT2D eigenvalue weighted by molar-refractivity contribution is 7.52. The lowest BCUT2D eigenvalue weighted by atomic mass is 10.2. The maximum atomic E-state index is 11.7. The first-order valence-electron chi connectivity index (χ1n) is 6.57. The average Bonchev–Trinajstić information content (AvgIpc) is 2.49. The predicted molar refractivity (Wildman–Crippen MR) is 86.1 cm³/mol. The van der Waals surface area contributed by atoms with Gasteiger partial charge in [0.25, 0.3) is 0 Å². The Morgan fingerprint density at radius 2 is 1.73 bits per heavy atom. The molecule has 0 bridgehead atoms. The minimum Gasteiger partial charge on any atom is -0.497 e. The van der Waals surface area contributed by atoms with E-state index in [0.717, 1.165) is 5.56 Å². The molecule has 0 radical (unpaired) electrons. The molecular formula is C15H17ClNO4P. The van der Waals surface area contributed by atoms with Crippen LogP contribution >= 0.6 is 19.2 Å². The molecule has 3 N–H and O–H groups in total. The van der Waals surface area contributed by atoms with E-state index in [1.165, 1.54) is 7.11 Å². The van der Waals surface area contributed by atoms with Gasteiger partial charge in [-0.15, -0.1) is 0 Å². The van der Waals surface area contributed by atoms with Crippen molar-refractivity contribution in [3.05, 3.63) is 64.7 Å². The molecule has 0 saturated heterocycles. The number of benzene rings is 2. The number of rotatable bonds is 6. The van der Waals surface area contributed by atoms with Crippen molar-refractivity contribution in [3.8, 4) is 5.75 Å². The molecule has 0 aliphatic carbocycles. The zero-order chi connectivity index (χ0) is 16.2. The van der Waals surface area contributed by atoms with E-state index in [-0.39, 0.29) is 0 Å². The first-order chi connectivity index (χ1) is 10.4. The van der Waals surface area contributed by atoms with E-state index >= 15 is 0 Å². The molecule has 7 heteroatoms. The van der Waals surface area contributed by atoms with Crippen LogP contribution in [-0.4, -0.2) is 16.9 Å². The van der Waals surface area contributed by atoms with E-state index in [1.54, 1.807) is 48.5 Å². The van der Waals surface area contributed by atoms with Crippen LogP contribution in [0.5, 0.6) is 5.75 Å². The lowest BCUT2D eigenvalue weighted by molar-refractivity contribution is 0.347. The lowest BCUT2D eigenvalue weighted by Gasteiger charge is -2.20. The van der Waals surface area contributed by atoms with Crippen LogP contribution in [0, 0.1) is 0 Å². The minimum absolute atomic E-state index is 0.318. The van der Waals surface area contributed by atoms with Gasteiger partial charge in [0, 0.05) is 11.6 Å². The third kappa shape index (κ3) is 4.57. The average molecular weight is 342 g/mol. The van der Waals surface area contributed by atoms with E-state index in [0.29, 0.717) is 22.9 Å². The van der Waals surface area contributed by atoms with Crippen LogP contribution in [0.2, 0.25) is 5.02 Å². The van der Waals surface area contributed by atoms with E-state index in [2.05, 4.69) is 5.32 Å². The molecule has 2 aromatic rings. The molecule has 0 saturated carbocycles. The molecule has 0 fully saturated rings. The largest absolute Gasteiger partial charge is 0.497 e. The molecule has 2 aromatic carbocycles. The second-order valence-electron chi connectivity index (χ2n) is 4.77. The monoisotopic (exact) mass is 341 g/mol. The SMILES string of the molecule is COc1ccc(C(NCc2ccc(Cl)cc2)P(=O)(O)O)cc1. The molecule has 22 heavy (non-hydrogen) atoms. The van der Waals surface area contributed by atoms with Gasteiger partial charge in [0.2, 0.25) is 0 Å². The zero-order valence-electron chi connectivity index (χ0n) is 11.9. The zero-order valence-corrected chi connectivity index (χ0v) is 13.6. The fourth-order valence-corrected chi connectivity index (χ4v) is 3.05. The highest BCUT2D eigenvalue weighted by Crippen LogP contribution is 2.50. The van der Waals surface area contributed by atoms with Crippen molar-refractivity contribution < 1.29 is 19.1 Å². The Balaban J connectivity index is 2.15. The van der Waals surface area contributed by atoms with Gasteiger partial charge in [0.05, 0.1) is 7.11 Å². The molecule has 0 amide bonds. The molecule has 1 unspecified atom stereocenters. The third-order valence-corrected chi connectivity index (χ3v) is 4.59. The van der Waals surface area contributed by atoms with Crippen molar-refractivity contribution >= 4 is 19.2 Å². The highest BCUT2D eigenvalue weighted by atomic mass is 35.5. The van der Waals surface area contributed by atoms with Gasteiger partial charge >= 0.3 is 7.60 Å². The summed E-state index contributed by atoms with van der Waals surface area (Å²) >= 11 is 5.81. The maximum Gasteiger partial charge on any atom is 0.346 e. The third-order valence-electron chi connectivity index (χ3n) is 3.18. The van der Waals surface area contributed by atoms with E-state index in [9.17, 15) is 14.4 Å². The van der Waals surface area contributed by atoms with Gasteiger partial charge in [-0.05, 0) is 35.4 Å². The lowest BCUT2D eigenvalue weighted by Crippen LogP contribution is -2.21. The molecular weight excluding hydrogens is 325 g/mol. The first-order valence-corrected chi connectivity index (χ1v) is 8.63. The van der Waals surface area contributed by atoms with Gasteiger partial charge in [0.15, 0.2) is 0 Å². The molecule has 2 rings (SSSR count). The fourth-order valence-electron chi connectivity index (χ4n) is 2.03. The predicted octanol–water partition coefficient (Wildman–Crippen LogP) is 3.31. The quantitative estimate of drug-likeness (QED) is 0.702. The molecule has 0 aromatic heterocycles. The molecule has 5 nitrogen and oxygen atoms in total. The number of hydrogen-bond donors (Lipinski definition) is 3. The summed E-state index contributed by atoms with van der Waals surface area (Å²) in [5.41, 5.74) is 1.39. The summed E-state index contributed by atoms with van der Waals surface area (Å²) in [6, 6.07) is 13.7. The van der Waals surface area contributed by atoms with Crippen molar-refractivity contribution in [1.82, 2.24) is 5.32 Å². The van der Waals surface area contributed by atoms with Crippen LogP contribution in [0.25, 0.3) is 0 Å². The van der Waals surface area contributed by atoms with Gasteiger partial charge in [0.1, 0.15) is 11.5 Å². The van der Waals surface area contributed by atoms with Gasteiger partial charge in [-0.25, -0.2) is 0 Å². The molecule has 0 spiro atoms. The van der Waals surface area contributed by atoms with Crippen molar-refractivity contribution in [2.75, 3.05) is 7.11 Å². The Bertz CT molecular complexity index is 654. The van der Waals surface area contributed by atoms with Crippen LogP contribution in [0.15, 0.2) is 48.5 Å². The topological polar surface area (TPSA) is 78.8 Å². The summed E-state index contributed by atoms with van der Waals surface area (Å²) in [4.78, 5) is 19.2.